The Labute approximate surface area is 140 Å². The summed E-state index contributed by atoms with van der Waals surface area (Å²) in [5.74, 6) is 1.58. The Bertz CT molecular complexity index is 419. The highest BCUT2D eigenvalue weighted by atomic mass is 35.5. The molecule has 22 heavy (non-hydrogen) atoms. The van der Waals surface area contributed by atoms with Crippen LogP contribution in [-0.4, -0.2) is 30.4 Å². The molecule has 1 aromatic rings. The third kappa shape index (κ3) is 6.15. The molecule has 0 spiro atoms. The number of hydrogen-bond acceptors (Lipinski definition) is 3. The van der Waals surface area contributed by atoms with E-state index in [2.05, 4.69) is 31.3 Å². The van der Waals surface area contributed by atoms with Crippen molar-refractivity contribution in [3.8, 4) is 5.75 Å². The highest BCUT2D eigenvalue weighted by Gasteiger charge is 2.19. The lowest BCUT2D eigenvalue weighted by molar-refractivity contribution is 0.104. The van der Waals surface area contributed by atoms with Crippen LogP contribution in [-0.2, 0) is 0 Å². The molecule has 0 amide bonds. The van der Waals surface area contributed by atoms with Crippen LogP contribution in [0.4, 0.5) is 0 Å². The van der Waals surface area contributed by atoms with Crippen molar-refractivity contribution >= 4 is 12.4 Å². The van der Waals surface area contributed by atoms with E-state index in [9.17, 15) is 5.11 Å². The second kappa shape index (κ2) is 10.1. The van der Waals surface area contributed by atoms with Crippen molar-refractivity contribution in [3.05, 3.63) is 29.8 Å². The van der Waals surface area contributed by atoms with Gasteiger partial charge in [-0.15, -0.1) is 12.4 Å². The fraction of sp³-hybridized carbons (Fsp3) is 0.667. The largest absolute Gasteiger partial charge is 0.491 e. The first-order valence-electron chi connectivity index (χ1n) is 8.30. The molecule has 1 atom stereocenters. The molecule has 1 aromatic carbocycles. The number of benzene rings is 1. The molecule has 0 aliphatic heterocycles. The standard InChI is InChI=1S/C18H29NO2.ClH/c1-14(2)19-12-16(20)13-21-18-11-7-6-10-17(18)15-8-4-3-5-9-15;/h6-7,10-11,14-16,19-20H,3-5,8-9,12-13H2,1-2H3;1H. The lowest BCUT2D eigenvalue weighted by Crippen LogP contribution is -2.35. The summed E-state index contributed by atoms with van der Waals surface area (Å²) in [4.78, 5) is 0. The summed E-state index contributed by atoms with van der Waals surface area (Å²) in [7, 11) is 0. The van der Waals surface area contributed by atoms with E-state index in [0.29, 0.717) is 25.1 Å². The molecule has 3 nitrogen and oxygen atoms in total. The highest BCUT2D eigenvalue weighted by molar-refractivity contribution is 5.85. The maximum absolute atomic E-state index is 9.97. The van der Waals surface area contributed by atoms with Gasteiger partial charge in [-0.2, -0.15) is 0 Å². The van der Waals surface area contributed by atoms with Crippen LogP contribution in [0.5, 0.6) is 5.75 Å². The summed E-state index contributed by atoms with van der Waals surface area (Å²) in [6, 6.07) is 8.71. The Kier molecular flexibility index (Phi) is 8.84. The summed E-state index contributed by atoms with van der Waals surface area (Å²) < 4.78 is 5.89. The van der Waals surface area contributed by atoms with Gasteiger partial charge in [-0.25, -0.2) is 0 Å². The molecular weight excluding hydrogens is 298 g/mol. The first-order valence-corrected chi connectivity index (χ1v) is 8.30. The number of aliphatic hydroxyl groups excluding tert-OH is 1. The van der Waals surface area contributed by atoms with Gasteiger partial charge < -0.3 is 15.2 Å². The van der Waals surface area contributed by atoms with E-state index in [-0.39, 0.29) is 12.4 Å². The third-order valence-corrected chi connectivity index (χ3v) is 4.16. The monoisotopic (exact) mass is 327 g/mol. The van der Waals surface area contributed by atoms with Crippen LogP contribution in [0.2, 0.25) is 0 Å². The molecule has 2 rings (SSSR count). The van der Waals surface area contributed by atoms with Gasteiger partial charge in [0, 0.05) is 12.6 Å². The minimum absolute atomic E-state index is 0. The van der Waals surface area contributed by atoms with Gasteiger partial charge in [0.1, 0.15) is 18.5 Å². The molecule has 1 unspecified atom stereocenters. The van der Waals surface area contributed by atoms with Gasteiger partial charge in [-0.05, 0) is 30.4 Å². The molecule has 1 saturated carbocycles. The van der Waals surface area contributed by atoms with Crippen LogP contribution in [0.1, 0.15) is 57.4 Å². The summed E-state index contributed by atoms with van der Waals surface area (Å²) in [6.45, 7) is 5.07. The van der Waals surface area contributed by atoms with Crippen LogP contribution >= 0.6 is 12.4 Å². The van der Waals surface area contributed by atoms with Crippen molar-refractivity contribution in [1.82, 2.24) is 5.32 Å². The zero-order valence-electron chi connectivity index (χ0n) is 13.8. The van der Waals surface area contributed by atoms with E-state index in [1.165, 1.54) is 37.7 Å². The summed E-state index contributed by atoms with van der Waals surface area (Å²) in [5.41, 5.74) is 1.32. The molecule has 2 N–H and O–H groups in total. The lowest BCUT2D eigenvalue weighted by atomic mass is 9.84. The molecule has 4 heteroatoms. The van der Waals surface area contributed by atoms with Crippen LogP contribution in [0.25, 0.3) is 0 Å². The molecule has 0 aromatic heterocycles. The first-order chi connectivity index (χ1) is 10.2. The third-order valence-electron chi connectivity index (χ3n) is 4.16. The van der Waals surface area contributed by atoms with Gasteiger partial charge >= 0.3 is 0 Å². The van der Waals surface area contributed by atoms with Crippen molar-refractivity contribution in [2.24, 2.45) is 0 Å². The average Bonchev–Trinajstić information content (AvgIpc) is 2.52. The number of ether oxygens (including phenoxy) is 1. The molecule has 0 saturated heterocycles. The minimum atomic E-state index is -0.466. The summed E-state index contributed by atoms with van der Waals surface area (Å²) >= 11 is 0. The fourth-order valence-electron chi connectivity index (χ4n) is 2.98. The van der Waals surface area contributed by atoms with Crippen LogP contribution in [0, 0.1) is 0 Å². The highest BCUT2D eigenvalue weighted by Crippen LogP contribution is 2.37. The molecule has 126 valence electrons. The Hall–Kier alpha value is -0.770. The van der Waals surface area contributed by atoms with E-state index in [0.717, 1.165) is 5.75 Å². The molecule has 1 fully saturated rings. The van der Waals surface area contributed by atoms with Crippen LogP contribution < -0.4 is 10.1 Å². The van der Waals surface area contributed by atoms with Crippen LogP contribution in [0.3, 0.4) is 0 Å². The number of nitrogens with one attached hydrogen (secondary N) is 1. The predicted molar refractivity (Wildman–Crippen MR) is 94.2 cm³/mol. The van der Waals surface area contributed by atoms with Crippen LogP contribution in [0.15, 0.2) is 24.3 Å². The number of aliphatic hydroxyl groups is 1. The number of rotatable bonds is 7. The van der Waals surface area contributed by atoms with E-state index >= 15 is 0 Å². The number of halogens is 1. The van der Waals surface area contributed by atoms with E-state index in [1.54, 1.807) is 0 Å². The number of hydrogen-bond donors (Lipinski definition) is 2. The van der Waals surface area contributed by atoms with Gasteiger partial charge in [0.15, 0.2) is 0 Å². The number of para-hydroxylation sites is 1. The second-order valence-electron chi connectivity index (χ2n) is 6.40. The fourth-order valence-corrected chi connectivity index (χ4v) is 2.98. The first kappa shape index (κ1) is 19.3. The average molecular weight is 328 g/mol. The van der Waals surface area contributed by atoms with Crippen molar-refractivity contribution in [3.63, 3.8) is 0 Å². The Balaban J connectivity index is 0.00000242. The normalized spacial score (nSPS) is 17.1. The molecule has 0 bridgehead atoms. The van der Waals surface area contributed by atoms with Gasteiger partial charge in [0.05, 0.1) is 0 Å². The Morgan fingerprint density at radius 1 is 1.18 bits per heavy atom. The molecule has 1 aliphatic rings. The van der Waals surface area contributed by atoms with Crippen molar-refractivity contribution in [2.75, 3.05) is 13.2 Å². The van der Waals surface area contributed by atoms with Gasteiger partial charge in [-0.3, -0.25) is 0 Å². The smallest absolute Gasteiger partial charge is 0.122 e. The minimum Gasteiger partial charge on any atom is -0.491 e. The Morgan fingerprint density at radius 2 is 1.86 bits per heavy atom. The van der Waals surface area contributed by atoms with Crippen molar-refractivity contribution < 1.29 is 9.84 Å². The molecule has 0 radical (unpaired) electrons. The van der Waals surface area contributed by atoms with Gasteiger partial charge in [0.25, 0.3) is 0 Å². The quantitative estimate of drug-likeness (QED) is 0.798. The topological polar surface area (TPSA) is 41.5 Å². The van der Waals surface area contributed by atoms with Gasteiger partial charge in [-0.1, -0.05) is 51.3 Å². The van der Waals surface area contributed by atoms with Crippen molar-refractivity contribution in [2.45, 2.75) is 64.0 Å². The summed E-state index contributed by atoms with van der Waals surface area (Å²) in [6.07, 6.45) is 6.06. The Morgan fingerprint density at radius 3 is 2.55 bits per heavy atom. The zero-order chi connectivity index (χ0) is 15.1. The van der Waals surface area contributed by atoms with Gasteiger partial charge in [0.2, 0.25) is 0 Å². The lowest BCUT2D eigenvalue weighted by Gasteiger charge is -2.24. The maximum Gasteiger partial charge on any atom is 0.122 e. The summed E-state index contributed by atoms with van der Waals surface area (Å²) in [5, 5.41) is 13.2. The molecular formula is C18H30ClNO2. The molecule has 0 heterocycles. The maximum atomic E-state index is 9.97. The predicted octanol–water partition coefficient (Wildman–Crippen LogP) is 3.89. The van der Waals surface area contributed by atoms with E-state index in [4.69, 9.17) is 4.74 Å². The van der Waals surface area contributed by atoms with E-state index < -0.39 is 6.10 Å². The second-order valence-corrected chi connectivity index (χ2v) is 6.40. The van der Waals surface area contributed by atoms with Crippen molar-refractivity contribution in [1.29, 1.82) is 0 Å². The molecule has 1 aliphatic carbocycles. The van der Waals surface area contributed by atoms with E-state index in [1.807, 2.05) is 12.1 Å². The SMILES string of the molecule is CC(C)NCC(O)COc1ccccc1C1CCCCC1.Cl. The zero-order valence-corrected chi connectivity index (χ0v) is 14.6.